The molecule has 1 unspecified atom stereocenters. The molecule has 104 valence electrons. The van der Waals surface area contributed by atoms with E-state index in [-0.39, 0.29) is 11.6 Å². The fraction of sp³-hybridized carbons (Fsp3) is 0.462. The summed E-state index contributed by atoms with van der Waals surface area (Å²) in [5, 5.41) is 8.86. The van der Waals surface area contributed by atoms with Crippen LogP contribution in [-0.2, 0) is 11.0 Å². The summed E-state index contributed by atoms with van der Waals surface area (Å²) in [5.41, 5.74) is -0.541. The van der Waals surface area contributed by atoms with Crippen molar-refractivity contribution in [1.29, 1.82) is 0 Å². The smallest absolute Gasteiger partial charge is 0.418 e. The summed E-state index contributed by atoms with van der Waals surface area (Å²) in [6.07, 6.45) is -4.39. The number of halogens is 3. The van der Waals surface area contributed by atoms with Crippen LogP contribution in [0.1, 0.15) is 12.5 Å². The highest BCUT2D eigenvalue weighted by molar-refractivity contribution is 5.71. The number of nitrogens with zero attached hydrogens (tertiary/aromatic N) is 1. The minimum Gasteiger partial charge on any atom is -0.481 e. The van der Waals surface area contributed by atoms with Crippen LogP contribution in [-0.4, -0.2) is 24.2 Å². The van der Waals surface area contributed by atoms with Gasteiger partial charge in [-0.05, 0) is 12.1 Å². The first-order chi connectivity index (χ1) is 8.80. The standard InChI is InChI=1S/C13H14F3NO2/c1-8(12(18)19)9-6-17(7-9)11-5-3-2-4-10(11)13(14,15)16/h2-5,8-9H,6-7H2,1H3,(H,18,19). The Hall–Kier alpha value is -1.72. The molecule has 3 nitrogen and oxygen atoms in total. The highest BCUT2D eigenvalue weighted by atomic mass is 19.4. The van der Waals surface area contributed by atoms with Crippen molar-refractivity contribution in [1.82, 2.24) is 0 Å². The molecule has 0 saturated carbocycles. The first-order valence-corrected chi connectivity index (χ1v) is 5.94. The average molecular weight is 273 g/mol. The van der Waals surface area contributed by atoms with E-state index >= 15 is 0 Å². The average Bonchev–Trinajstić information content (AvgIpc) is 2.26. The fourth-order valence-electron chi connectivity index (χ4n) is 2.22. The van der Waals surface area contributed by atoms with E-state index < -0.39 is 23.6 Å². The highest BCUT2D eigenvalue weighted by Crippen LogP contribution is 2.39. The third kappa shape index (κ3) is 2.67. The lowest BCUT2D eigenvalue weighted by molar-refractivity contribution is -0.143. The molecule has 0 spiro atoms. The van der Waals surface area contributed by atoms with Crippen LogP contribution in [0.25, 0.3) is 0 Å². The van der Waals surface area contributed by atoms with Crippen molar-refractivity contribution in [2.75, 3.05) is 18.0 Å². The quantitative estimate of drug-likeness (QED) is 0.920. The molecule has 1 saturated heterocycles. The van der Waals surface area contributed by atoms with Gasteiger partial charge in [0.2, 0.25) is 0 Å². The van der Waals surface area contributed by atoms with Gasteiger partial charge in [0.25, 0.3) is 0 Å². The molecule has 0 radical (unpaired) electrons. The number of anilines is 1. The maximum absolute atomic E-state index is 12.8. The van der Waals surface area contributed by atoms with E-state index in [0.717, 1.165) is 6.07 Å². The van der Waals surface area contributed by atoms with E-state index in [1.54, 1.807) is 17.9 Å². The summed E-state index contributed by atoms with van der Waals surface area (Å²) in [4.78, 5) is 12.4. The lowest BCUT2D eigenvalue weighted by Gasteiger charge is -2.43. The highest BCUT2D eigenvalue weighted by Gasteiger charge is 2.40. The zero-order chi connectivity index (χ0) is 14.2. The molecule has 2 rings (SSSR count). The van der Waals surface area contributed by atoms with Gasteiger partial charge in [0.1, 0.15) is 0 Å². The normalized spacial score (nSPS) is 18.0. The van der Waals surface area contributed by atoms with Gasteiger partial charge in [0, 0.05) is 24.7 Å². The Labute approximate surface area is 108 Å². The lowest BCUT2D eigenvalue weighted by atomic mass is 9.86. The van der Waals surface area contributed by atoms with E-state index in [4.69, 9.17) is 5.11 Å². The molecule has 0 amide bonds. The number of benzene rings is 1. The number of rotatable bonds is 3. The number of aliphatic carboxylic acids is 1. The van der Waals surface area contributed by atoms with Gasteiger partial charge in [-0.1, -0.05) is 19.1 Å². The molecular weight excluding hydrogens is 259 g/mol. The van der Waals surface area contributed by atoms with Crippen LogP contribution in [0.5, 0.6) is 0 Å². The molecule has 0 bridgehead atoms. The predicted molar refractivity (Wildman–Crippen MR) is 63.9 cm³/mol. The fourth-order valence-corrected chi connectivity index (χ4v) is 2.22. The third-order valence-corrected chi connectivity index (χ3v) is 3.56. The predicted octanol–water partition coefficient (Wildman–Crippen LogP) is 2.86. The lowest BCUT2D eigenvalue weighted by Crippen LogP contribution is -2.51. The number of hydrogen-bond acceptors (Lipinski definition) is 2. The maximum Gasteiger partial charge on any atom is 0.418 e. The SMILES string of the molecule is CC(C(=O)O)C1CN(c2ccccc2C(F)(F)F)C1. The summed E-state index contributed by atoms with van der Waals surface area (Å²) in [5.74, 6) is -1.54. The molecule has 1 aliphatic heterocycles. The Kier molecular flexibility index (Phi) is 3.43. The molecule has 1 heterocycles. The Bertz CT molecular complexity index is 481. The van der Waals surface area contributed by atoms with Crippen molar-refractivity contribution in [2.24, 2.45) is 11.8 Å². The first kappa shape index (κ1) is 13.7. The summed E-state index contributed by atoms with van der Waals surface area (Å²) in [6, 6.07) is 5.37. The molecule has 1 aromatic carbocycles. The molecule has 6 heteroatoms. The van der Waals surface area contributed by atoms with E-state index in [1.807, 2.05) is 0 Å². The Balaban J connectivity index is 2.12. The topological polar surface area (TPSA) is 40.5 Å². The second-order valence-electron chi connectivity index (χ2n) is 4.81. The minimum absolute atomic E-state index is 0.0983. The summed E-state index contributed by atoms with van der Waals surface area (Å²) in [6.45, 7) is 2.28. The number of carboxylic acid groups (broad SMARTS) is 1. The van der Waals surface area contributed by atoms with Gasteiger partial charge in [-0.2, -0.15) is 13.2 Å². The molecule has 19 heavy (non-hydrogen) atoms. The van der Waals surface area contributed by atoms with Gasteiger partial charge >= 0.3 is 12.1 Å². The van der Waals surface area contributed by atoms with Gasteiger partial charge in [-0.3, -0.25) is 4.79 Å². The Morgan fingerprint density at radius 2 is 1.95 bits per heavy atom. The zero-order valence-corrected chi connectivity index (χ0v) is 10.3. The van der Waals surface area contributed by atoms with Crippen molar-refractivity contribution in [3.8, 4) is 0 Å². The van der Waals surface area contributed by atoms with Crippen LogP contribution in [0.2, 0.25) is 0 Å². The van der Waals surface area contributed by atoms with Crippen LogP contribution < -0.4 is 4.90 Å². The first-order valence-electron chi connectivity index (χ1n) is 5.94. The second kappa shape index (κ2) is 4.75. The Morgan fingerprint density at radius 1 is 1.37 bits per heavy atom. The minimum atomic E-state index is -4.39. The van der Waals surface area contributed by atoms with Gasteiger partial charge < -0.3 is 10.0 Å². The van der Waals surface area contributed by atoms with Crippen molar-refractivity contribution >= 4 is 11.7 Å². The number of alkyl halides is 3. The van der Waals surface area contributed by atoms with Gasteiger partial charge in [0.05, 0.1) is 11.5 Å². The molecular formula is C13H14F3NO2. The van der Waals surface area contributed by atoms with Crippen LogP contribution in [0, 0.1) is 11.8 Å². The van der Waals surface area contributed by atoms with Crippen molar-refractivity contribution in [2.45, 2.75) is 13.1 Å². The van der Waals surface area contributed by atoms with Crippen molar-refractivity contribution < 1.29 is 23.1 Å². The van der Waals surface area contributed by atoms with Crippen molar-refractivity contribution in [3.63, 3.8) is 0 Å². The van der Waals surface area contributed by atoms with E-state index in [1.165, 1.54) is 12.1 Å². The van der Waals surface area contributed by atoms with Crippen LogP contribution in [0.15, 0.2) is 24.3 Å². The molecule has 1 aromatic rings. The summed E-state index contributed by atoms with van der Waals surface area (Å²) < 4.78 is 38.5. The van der Waals surface area contributed by atoms with E-state index in [0.29, 0.717) is 13.1 Å². The number of para-hydroxylation sites is 1. The van der Waals surface area contributed by atoms with Crippen LogP contribution >= 0.6 is 0 Å². The summed E-state index contributed by atoms with van der Waals surface area (Å²) in [7, 11) is 0. The van der Waals surface area contributed by atoms with Crippen LogP contribution in [0.4, 0.5) is 18.9 Å². The molecule has 0 aliphatic carbocycles. The molecule has 1 aliphatic rings. The monoisotopic (exact) mass is 273 g/mol. The summed E-state index contributed by atoms with van der Waals surface area (Å²) >= 11 is 0. The molecule has 1 fully saturated rings. The molecule has 1 N–H and O–H groups in total. The molecule has 0 aromatic heterocycles. The third-order valence-electron chi connectivity index (χ3n) is 3.56. The zero-order valence-electron chi connectivity index (χ0n) is 10.3. The second-order valence-corrected chi connectivity index (χ2v) is 4.81. The van der Waals surface area contributed by atoms with Gasteiger partial charge in [-0.15, -0.1) is 0 Å². The number of carboxylic acids is 1. The van der Waals surface area contributed by atoms with Crippen molar-refractivity contribution in [3.05, 3.63) is 29.8 Å². The number of hydrogen-bond donors (Lipinski definition) is 1. The molecule has 1 atom stereocenters. The Morgan fingerprint density at radius 3 is 2.47 bits per heavy atom. The van der Waals surface area contributed by atoms with Gasteiger partial charge in [0.15, 0.2) is 0 Å². The van der Waals surface area contributed by atoms with E-state index in [9.17, 15) is 18.0 Å². The van der Waals surface area contributed by atoms with Gasteiger partial charge in [-0.25, -0.2) is 0 Å². The largest absolute Gasteiger partial charge is 0.481 e. The van der Waals surface area contributed by atoms with Crippen LogP contribution in [0.3, 0.4) is 0 Å². The number of carbonyl (C=O) groups is 1. The van der Waals surface area contributed by atoms with E-state index in [2.05, 4.69) is 0 Å². The maximum atomic E-state index is 12.8.